The van der Waals surface area contributed by atoms with Gasteiger partial charge in [-0.15, -0.1) is 11.3 Å². The van der Waals surface area contributed by atoms with Crippen LogP contribution in [0.25, 0.3) is 0 Å². The Hall–Kier alpha value is -1.47. The molecular weight excluding hydrogens is 316 g/mol. The van der Waals surface area contributed by atoms with Crippen molar-refractivity contribution in [1.82, 2.24) is 15.3 Å². The van der Waals surface area contributed by atoms with Gasteiger partial charge in [-0.05, 0) is 22.0 Å². The number of hydrogen-bond acceptors (Lipinski definition) is 5. The van der Waals surface area contributed by atoms with Crippen LogP contribution in [0.2, 0.25) is 0 Å². The van der Waals surface area contributed by atoms with Gasteiger partial charge in [0.1, 0.15) is 11.5 Å². The number of halogens is 1. The monoisotopic (exact) mass is 326 g/mol. The number of rotatable bonds is 4. The Morgan fingerprint density at radius 2 is 2.28 bits per heavy atom. The van der Waals surface area contributed by atoms with E-state index >= 15 is 0 Å². The highest BCUT2D eigenvalue weighted by Gasteiger charge is 2.08. The third-order valence-electron chi connectivity index (χ3n) is 2.19. The molecule has 0 aliphatic heterocycles. The van der Waals surface area contributed by atoms with Crippen molar-refractivity contribution in [2.45, 2.75) is 6.54 Å². The fraction of sp³-hybridized carbons (Fsp3) is 0.182. The SMILES string of the molecule is CNc1cnc(C(=O)NCc2cc(Br)cs2)cn1. The summed E-state index contributed by atoms with van der Waals surface area (Å²) in [6.45, 7) is 0.491. The highest BCUT2D eigenvalue weighted by Crippen LogP contribution is 2.19. The van der Waals surface area contributed by atoms with Gasteiger partial charge in [0.25, 0.3) is 5.91 Å². The molecule has 2 rings (SSSR count). The Morgan fingerprint density at radius 1 is 1.44 bits per heavy atom. The lowest BCUT2D eigenvalue weighted by atomic mass is 10.4. The molecule has 0 bridgehead atoms. The molecule has 0 aromatic carbocycles. The fourth-order valence-electron chi connectivity index (χ4n) is 1.28. The van der Waals surface area contributed by atoms with Crippen LogP contribution in [0.15, 0.2) is 28.3 Å². The molecule has 0 saturated carbocycles. The quantitative estimate of drug-likeness (QED) is 0.904. The van der Waals surface area contributed by atoms with Crippen molar-refractivity contribution in [2.24, 2.45) is 0 Å². The summed E-state index contributed by atoms with van der Waals surface area (Å²) < 4.78 is 1.02. The number of nitrogens with zero attached hydrogens (tertiary/aromatic N) is 2. The van der Waals surface area contributed by atoms with E-state index in [4.69, 9.17) is 0 Å². The zero-order chi connectivity index (χ0) is 13.0. The highest BCUT2D eigenvalue weighted by atomic mass is 79.9. The Bertz CT molecular complexity index is 540. The first-order valence-corrected chi connectivity index (χ1v) is 6.87. The average Bonchev–Trinajstić information content (AvgIpc) is 2.82. The first kappa shape index (κ1) is 13.0. The van der Waals surface area contributed by atoms with Crippen molar-refractivity contribution in [2.75, 3.05) is 12.4 Å². The molecule has 0 fully saturated rings. The normalized spacial score (nSPS) is 10.1. The standard InChI is InChI=1S/C11H11BrN4OS/c1-13-10-5-14-9(4-15-10)11(17)16-3-8-2-7(12)6-18-8/h2,4-6H,3H2,1H3,(H,13,15)(H,16,17). The number of carbonyl (C=O) groups excluding carboxylic acids is 1. The molecule has 0 saturated heterocycles. The Morgan fingerprint density at radius 3 is 2.83 bits per heavy atom. The predicted molar refractivity (Wildman–Crippen MR) is 74.8 cm³/mol. The van der Waals surface area contributed by atoms with Crippen molar-refractivity contribution in [3.05, 3.63) is 38.9 Å². The van der Waals surface area contributed by atoms with E-state index < -0.39 is 0 Å². The summed E-state index contributed by atoms with van der Waals surface area (Å²) in [5.74, 6) is 0.406. The molecule has 2 aromatic rings. The molecule has 0 aliphatic carbocycles. The molecule has 1 amide bonds. The number of hydrogen-bond donors (Lipinski definition) is 2. The molecule has 2 aromatic heterocycles. The molecule has 5 nitrogen and oxygen atoms in total. The van der Waals surface area contributed by atoms with Gasteiger partial charge in [0.05, 0.1) is 18.9 Å². The van der Waals surface area contributed by atoms with Crippen molar-refractivity contribution in [1.29, 1.82) is 0 Å². The van der Waals surface area contributed by atoms with Crippen LogP contribution in [-0.2, 0) is 6.54 Å². The maximum absolute atomic E-state index is 11.8. The van der Waals surface area contributed by atoms with Crippen LogP contribution in [0.1, 0.15) is 15.4 Å². The lowest BCUT2D eigenvalue weighted by Crippen LogP contribution is -2.23. The number of aromatic nitrogens is 2. The van der Waals surface area contributed by atoms with Gasteiger partial charge in [-0.1, -0.05) is 0 Å². The average molecular weight is 327 g/mol. The molecule has 0 radical (unpaired) electrons. The van der Waals surface area contributed by atoms with Crippen LogP contribution >= 0.6 is 27.3 Å². The number of anilines is 1. The third kappa shape index (κ3) is 3.27. The van der Waals surface area contributed by atoms with Crippen molar-refractivity contribution >= 4 is 39.0 Å². The second-order valence-electron chi connectivity index (χ2n) is 3.45. The van der Waals surface area contributed by atoms with Gasteiger partial charge in [0.15, 0.2) is 0 Å². The molecule has 7 heteroatoms. The minimum absolute atomic E-state index is 0.227. The summed E-state index contributed by atoms with van der Waals surface area (Å²) in [6.07, 6.45) is 2.97. The molecule has 94 valence electrons. The van der Waals surface area contributed by atoms with Crippen LogP contribution in [0.3, 0.4) is 0 Å². The van der Waals surface area contributed by atoms with Crippen LogP contribution in [0, 0.1) is 0 Å². The second kappa shape index (κ2) is 5.92. The van der Waals surface area contributed by atoms with Gasteiger partial charge in [-0.3, -0.25) is 4.79 Å². The van der Waals surface area contributed by atoms with E-state index in [-0.39, 0.29) is 5.91 Å². The molecule has 2 heterocycles. The smallest absolute Gasteiger partial charge is 0.271 e. The molecule has 0 spiro atoms. The Kier molecular flexibility index (Phi) is 4.27. The summed E-state index contributed by atoms with van der Waals surface area (Å²) in [6, 6.07) is 1.97. The topological polar surface area (TPSA) is 66.9 Å². The first-order chi connectivity index (χ1) is 8.69. The van der Waals surface area contributed by atoms with Crippen molar-refractivity contribution < 1.29 is 4.79 Å². The maximum Gasteiger partial charge on any atom is 0.271 e. The van der Waals surface area contributed by atoms with E-state index in [1.165, 1.54) is 12.4 Å². The minimum atomic E-state index is -0.227. The number of thiophene rings is 1. The summed E-state index contributed by atoms with van der Waals surface area (Å²) in [5, 5.41) is 7.61. The summed E-state index contributed by atoms with van der Waals surface area (Å²) in [7, 11) is 1.75. The molecule has 0 unspecified atom stereocenters. The van der Waals surface area contributed by atoms with Gasteiger partial charge < -0.3 is 10.6 Å². The number of nitrogens with one attached hydrogen (secondary N) is 2. The number of carbonyl (C=O) groups is 1. The van der Waals surface area contributed by atoms with Gasteiger partial charge in [-0.25, -0.2) is 9.97 Å². The van der Waals surface area contributed by atoms with Gasteiger partial charge in [-0.2, -0.15) is 0 Å². The van der Waals surface area contributed by atoms with E-state index in [1.807, 2.05) is 11.4 Å². The van der Waals surface area contributed by atoms with E-state index in [0.717, 1.165) is 9.35 Å². The predicted octanol–water partition coefficient (Wildman–Crippen LogP) is 2.27. The van der Waals surface area contributed by atoms with E-state index in [0.29, 0.717) is 18.1 Å². The minimum Gasteiger partial charge on any atom is -0.372 e. The zero-order valence-electron chi connectivity index (χ0n) is 9.61. The van der Waals surface area contributed by atoms with Crippen LogP contribution in [0.4, 0.5) is 5.82 Å². The Balaban J connectivity index is 1.94. The van der Waals surface area contributed by atoms with E-state index in [1.54, 1.807) is 18.4 Å². The molecular formula is C11H11BrN4OS. The number of amides is 1. The lowest BCUT2D eigenvalue weighted by molar-refractivity contribution is 0.0946. The van der Waals surface area contributed by atoms with E-state index in [2.05, 4.69) is 36.5 Å². The van der Waals surface area contributed by atoms with Gasteiger partial charge >= 0.3 is 0 Å². The largest absolute Gasteiger partial charge is 0.372 e. The van der Waals surface area contributed by atoms with Gasteiger partial charge in [0, 0.05) is 21.8 Å². The maximum atomic E-state index is 11.8. The van der Waals surface area contributed by atoms with Crippen LogP contribution in [-0.4, -0.2) is 22.9 Å². The lowest BCUT2D eigenvalue weighted by Gasteiger charge is -2.03. The van der Waals surface area contributed by atoms with E-state index in [9.17, 15) is 4.79 Å². The summed E-state index contributed by atoms with van der Waals surface area (Å²) >= 11 is 4.95. The first-order valence-electron chi connectivity index (χ1n) is 5.20. The zero-order valence-corrected chi connectivity index (χ0v) is 12.0. The van der Waals surface area contributed by atoms with Crippen LogP contribution < -0.4 is 10.6 Å². The van der Waals surface area contributed by atoms with Crippen molar-refractivity contribution in [3.8, 4) is 0 Å². The fourth-order valence-corrected chi connectivity index (χ4v) is 2.67. The molecule has 2 N–H and O–H groups in total. The summed E-state index contributed by atoms with van der Waals surface area (Å²) in [5.41, 5.74) is 0.310. The van der Waals surface area contributed by atoms with Gasteiger partial charge in [0.2, 0.25) is 0 Å². The highest BCUT2D eigenvalue weighted by molar-refractivity contribution is 9.10. The molecule has 0 atom stereocenters. The third-order valence-corrected chi connectivity index (χ3v) is 3.88. The Labute approximate surface area is 117 Å². The second-order valence-corrected chi connectivity index (χ2v) is 5.36. The summed E-state index contributed by atoms with van der Waals surface area (Å²) in [4.78, 5) is 20.9. The molecule has 18 heavy (non-hydrogen) atoms. The van der Waals surface area contributed by atoms with Crippen molar-refractivity contribution in [3.63, 3.8) is 0 Å². The van der Waals surface area contributed by atoms with Crippen LogP contribution in [0.5, 0.6) is 0 Å². The molecule has 0 aliphatic rings.